The summed E-state index contributed by atoms with van der Waals surface area (Å²) >= 11 is 0. The van der Waals surface area contributed by atoms with Gasteiger partial charge in [0.05, 0.1) is 6.61 Å². The first-order chi connectivity index (χ1) is 5.22. The summed E-state index contributed by atoms with van der Waals surface area (Å²) in [5.41, 5.74) is 0. The second-order valence-electron chi connectivity index (χ2n) is 1.81. The van der Waals surface area contributed by atoms with Gasteiger partial charge in [0.1, 0.15) is 0 Å². The lowest BCUT2D eigenvalue weighted by Crippen LogP contribution is -2.43. The van der Waals surface area contributed by atoms with Crippen molar-refractivity contribution in [2.45, 2.75) is 18.5 Å². The Kier molecular flexibility index (Phi) is 3.37. The van der Waals surface area contributed by atoms with Gasteiger partial charge in [0.25, 0.3) is 6.17 Å². The fraction of sp³-hybridized carbons (Fsp3) is 0.800. The molecule has 12 heavy (non-hydrogen) atoms. The first kappa shape index (κ1) is 11.5. The SMILES string of the molecule is [CH2]COC(F)(F)C(F)C(F)(F)F. The summed E-state index contributed by atoms with van der Waals surface area (Å²) in [6.45, 7) is 1.76. The summed E-state index contributed by atoms with van der Waals surface area (Å²) in [6, 6.07) is 0. The highest BCUT2D eigenvalue weighted by Crippen LogP contribution is 2.35. The van der Waals surface area contributed by atoms with E-state index >= 15 is 0 Å². The molecule has 0 aromatic heterocycles. The van der Waals surface area contributed by atoms with E-state index in [1.807, 2.05) is 0 Å². The van der Waals surface area contributed by atoms with Gasteiger partial charge in [0.15, 0.2) is 0 Å². The minimum atomic E-state index is -5.63. The molecule has 0 aromatic rings. The van der Waals surface area contributed by atoms with Crippen LogP contribution in [0.5, 0.6) is 0 Å². The fourth-order valence-electron chi connectivity index (χ4n) is 0.400. The summed E-state index contributed by atoms with van der Waals surface area (Å²) in [5.74, 6) is 0. The standard InChI is InChI=1S/C5H5F6O/c1-2-12-5(10,11)3(6)4(7,8)9/h3H,1-2H2. The highest BCUT2D eigenvalue weighted by Gasteiger charge is 2.57. The average Bonchev–Trinajstić information content (AvgIpc) is 1.84. The first-order valence-corrected chi connectivity index (χ1v) is 2.73. The minimum Gasteiger partial charge on any atom is -0.318 e. The van der Waals surface area contributed by atoms with Crippen molar-refractivity contribution in [1.82, 2.24) is 0 Å². The van der Waals surface area contributed by atoms with Gasteiger partial charge in [0.2, 0.25) is 0 Å². The largest absolute Gasteiger partial charge is 0.428 e. The highest BCUT2D eigenvalue weighted by atomic mass is 19.4. The van der Waals surface area contributed by atoms with E-state index in [4.69, 9.17) is 0 Å². The molecule has 1 nitrogen and oxygen atoms in total. The van der Waals surface area contributed by atoms with Crippen LogP contribution in [0.15, 0.2) is 0 Å². The van der Waals surface area contributed by atoms with E-state index in [2.05, 4.69) is 11.7 Å². The van der Waals surface area contributed by atoms with E-state index in [0.717, 1.165) is 0 Å². The molecule has 0 amide bonds. The molecule has 0 fully saturated rings. The van der Waals surface area contributed by atoms with Gasteiger partial charge in [-0.05, 0) is 6.92 Å². The third-order valence-corrected chi connectivity index (χ3v) is 0.877. The van der Waals surface area contributed by atoms with Crippen molar-refractivity contribution in [3.8, 4) is 0 Å². The zero-order valence-electron chi connectivity index (χ0n) is 5.67. The van der Waals surface area contributed by atoms with Gasteiger partial charge >= 0.3 is 12.3 Å². The lowest BCUT2D eigenvalue weighted by molar-refractivity contribution is -0.332. The van der Waals surface area contributed by atoms with Crippen LogP contribution in [0.4, 0.5) is 26.3 Å². The molecule has 0 N–H and O–H groups in total. The third-order valence-electron chi connectivity index (χ3n) is 0.877. The molecule has 1 unspecified atom stereocenters. The molecular weight excluding hydrogens is 190 g/mol. The lowest BCUT2D eigenvalue weighted by atomic mass is 10.3. The number of hydrogen-bond donors (Lipinski definition) is 0. The van der Waals surface area contributed by atoms with Crippen LogP contribution in [0.1, 0.15) is 0 Å². The fourth-order valence-corrected chi connectivity index (χ4v) is 0.400. The Bertz CT molecular complexity index is 141. The van der Waals surface area contributed by atoms with E-state index in [9.17, 15) is 26.3 Å². The first-order valence-electron chi connectivity index (χ1n) is 2.73. The van der Waals surface area contributed by atoms with Gasteiger partial charge in [-0.1, -0.05) is 0 Å². The van der Waals surface area contributed by atoms with Crippen LogP contribution in [0.2, 0.25) is 0 Å². The quantitative estimate of drug-likeness (QED) is 0.628. The number of alkyl halides is 6. The van der Waals surface area contributed by atoms with Crippen molar-refractivity contribution in [2.24, 2.45) is 0 Å². The van der Waals surface area contributed by atoms with Crippen LogP contribution < -0.4 is 0 Å². The zero-order valence-corrected chi connectivity index (χ0v) is 5.67. The van der Waals surface area contributed by atoms with Crippen LogP contribution in [0, 0.1) is 6.92 Å². The summed E-state index contributed by atoms with van der Waals surface area (Å²) in [5, 5.41) is 0. The molecule has 0 aliphatic rings. The van der Waals surface area contributed by atoms with Crippen LogP contribution in [-0.2, 0) is 4.74 Å². The molecule has 0 bridgehead atoms. The Morgan fingerprint density at radius 2 is 1.58 bits per heavy atom. The number of halogens is 6. The monoisotopic (exact) mass is 195 g/mol. The van der Waals surface area contributed by atoms with Gasteiger partial charge in [-0.3, -0.25) is 0 Å². The van der Waals surface area contributed by atoms with E-state index in [-0.39, 0.29) is 0 Å². The molecule has 73 valence electrons. The van der Waals surface area contributed by atoms with E-state index in [1.54, 1.807) is 0 Å². The summed E-state index contributed by atoms with van der Waals surface area (Å²) < 4.78 is 72.9. The summed E-state index contributed by atoms with van der Waals surface area (Å²) in [4.78, 5) is 0. The normalized spacial score (nSPS) is 16.2. The van der Waals surface area contributed by atoms with Crippen molar-refractivity contribution in [1.29, 1.82) is 0 Å². The molecule has 0 rings (SSSR count). The van der Waals surface area contributed by atoms with Gasteiger partial charge < -0.3 is 4.74 Å². The third kappa shape index (κ3) is 2.88. The molecule has 7 heteroatoms. The molecule has 0 spiro atoms. The predicted molar refractivity (Wildman–Crippen MR) is 27.2 cm³/mol. The van der Waals surface area contributed by atoms with Crippen molar-refractivity contribution in [2.75, 3.05) is 6.61 Å². The molecule has 0 saturated carbocycles. The van der Waals surface area contributed by atoms with Crippen molar-refractivity contribution in [3.63, 3.8) is 0 Å². The second-order valence-corrected chi connectivity index (χ2v) is 1.81. The topological polar surface area (TPSA) is 9.23 Å². The van der Waals surface area contributed by atoms with Gasteiger partial charge in [0, 0.05) is 0 Å². The van der Waals surface area contributed by atoms with E-state index in [1.165, 1.54) is 0 Å². The number of hydrogen-bond acceptors (Lipinski definition) is 1. The Labute approximate surface area is 64.3 Å². The Hall–Kier alpha value is -0.460. The van der Waals surface area contributed by atoms with Crippen molar-refractivity contribution in [3.05, 3.63) is 6.92 Å². The van der Waals surface area contributed by atoms with Crippen LogP contribution in [0.25, 0.3) is 0 Å². The maximum atomic E-state index is 12.0. The predicted octanol–water partition coefficient (Wildman–Crippen LogP) is 2.33. The molecule has 1 radical (unpaired) electrons. The van der Waals surface area contributed by atoms with E-state index in [0.29, 0.717) is 0 Å². The minimum absolute atomic E-state index is 0.941. The van der Waals surface area contributed by atoms with Crippen molar-refractivity contribution < 1.29 is 31.1 Å². The lowest BCUT2D eigenvalue weighted by Gasteiger charge is -2.21. The molecule has 0 aliphatic heterocycles. The molecule has 0 aromatic carbocycles. The van der Waals surface area contributed by atoms with E-state index < -0.39 is 25.1 Å². The number of rotatable bonds is 3. The molecular formula is C5H5F6O. The number of ether oxygens (including phenoxy) is 1. The van der Waals surface area contributed by atoms with Crippen LogP contribution >= 0.6 is 0 Å². The van der Waals surface area contributed by atoms with Crippen LogP contribution in [0.3, 0.4) is 0 Å². The smallest absolute Gasteiger partial charge is 0.318 e. The maximum Gasteiger partial charge on any atom is 0.428 e. The maximum absolute atomic E-state index is 12.0. The summed E-state index contributed by atoms with van der Waals surface area (Å²) in [6.07, 6.45) is -14.8. The Balaban J connectivity index is 4.34. The Morgan fingerprint density at radius 3 is 1.83 bits per heavy atom. The average molecular weight is 195 g/mol. The zero-order chi connectivity index (χ0) is 9.99. The van der Waals surface area contributed by atoms with Gasteiger partial charge in [-0.2, -0.15) is 22.0 Å². The summed E-state index contributed by atoms with van der Waals surface area (Å²) in [7, 11) is 0. The van der Waals surface area contributed by atoms with Gasteiger partial charge in [-0.25, -0.2) is 4.39 Å². The molecule has 0 aliphatic carbocycles. The molecule has 1 atom stereocenters. The Morgan fingerprint density at radius 1 is 1.17 bits per heavy atom. The molecule has 0 heterocycles. The molecule has 0 saturated heterocycles. The highest BCUT2D eigenvalue weighted by molar-refractivity contribution is 4.75. The second kappa shape index (κ2) is 3.51. The van der Waals surface area contributed by atoms with Crippen molar-refractivity contribution >= 4 is 0 Å². The van der Waals surface area contributed by atoms with Crippen LogP contribution in [-0.4, -0.2) is 25.1 Å². The van der Waals surface area contributed by atoms with Gasteiger partial charge in [-0.15, -0.1) is 0 Å².